The van der Waals surface area contributed by atoms with E-state index in [0.29, 0.717) is 11.4 Å². The summed E-state index contributed by atoms with van der Waals surface area (Å²) in [5.74, 6) is 0.239. The van der Waals surface area contributed by atoms with Gasteiger partial charge in [0.05, 0.1) is 11.9 Å². The SMILES string of the molecule is Cc1cc(C)c(NC(=O)[C@H](C)Oc2ccc(N(C)S(C)(=O)=O)cc2)c(C)c1. The van der Waals surface area contributed by atoms with Crippen LogP contribution in [0.5, 0.6) is 5.75 Å². The Bertz CT molecular complexity index is 914. The fourth-order valence-electron chi connectivity index (χ4n) is 2.79. The molecule has 2 aromatic rings. The number of carbonyl (C=O) groups is 1. The largest absolute Gasteiger partial charge is 0.481 e. The van der Waals surface area contributed by atoms with Crippen molar-refractivity contribution in [2.45, 2.75) is 33.8 Å². The lowest BCUT2D eigenvalue weighted by atomic mass is 10.0. The van der Waals surface area contributed by atoms with Gasteiger partial charge in [-0.3, -0.25) is 9.10 Å². The standard InChI is InChI=1S/C20H26N2O4S/c1-13-11-14(2)19(15(3)12-13)21-20(23)16(4)26-18-9-7-17(8-10-18)22(5)27(6,24)25/h7-12,16H,1-6H3,(H,21,23)/t16-/m0/s1. The molecule has 0 saturated heterocycles. The molecule has 0 fully saturated rings. The lowest BCUT2D eigenvalue weighted by Crippen LogP contribution is -2.30. The minimum Gasteiger partial charge on any atom is -0.481 e. The van der Waals surface area contributed by atoms with Crippen molar-refractivity contribution in [1.29, 1.82) is 0 Å². The van der Waals surface area contributed by atoms with Crippen molar-refractivity contribution in [3.63, 3.8) is 0 Å². The Morgan fingerprint density at radius 3 is 2.07 bits per heavy atom. The van der Waals surface area contributed by atoms with Gasteiger partial charge in [-0.15, -0.1) is 0 Å². The summed E-state index contributed by atoms with van der Waals surface area (Å²) < 4.78 is 30.0. The van der Waals surface area contributed by atoms with E-state index in [0.717, 1.165) is 28.6 Å². The summed E-state index contributed by atoms with van der Waals surface area (Å²) in [5.41, 5.74) is 4.47. The van der Waals surface area contributed by atoms with Gasteiger partial charge in [-0.05, 0) is 63.1 Å². The van der Waals surface area contributed by atoms with E-state index in [1.54, 1.807) is 31.2 Å². The zero-order valence-corrected chi connectivity index (χ0v) is 17.3. The molecule has 2 aromatic carbocycles. The second-order valence-electron chi connectivity index (χ2n) is 6.75. The van der Waals surface area contributed by atoms with Gasteiger partial charge in [0.25, 0.3) is 5.91 Å². The van der Waals surface area contributed by atoms with E-state index >= 15 is 0 Å². The van der Waals surface area contributed by atoms with Gasteiger partial charge in [-0.25, -0.2) is 8.42 Å². The van der Waals surface area contributed by atoms with Crippen molar-refractivity contribution in [2.24, 2.45) is 0 Å². The van der Waals surface area contributed by atoms with Gasteiger partial charge in [-0.2, -0.15) is 0 Å². The van der Waals surface area contributed by atoms with Crippen molar-refractivity contribution in [1.82, 2.24) is 0 Å². The number of ether oxygens (including phenoxy) is 1. The molecule has 0 aromatic heterocycles. The van der Waals surface area contributed by atoms with E-state index in [2.05, 4.69) is 5.32 Å². The van der Waals surface area contributed by atoms with Gasteiger partial charge in [-0.1, -0.05) is 17.7 Å². The summed E-state index contributed by atoms with van der Waals surface area (Å²) in [6.45, 7) is 7.60. The Morgan fingerprint density at radius 1 is 1.07 bits per heavy atom. The molecule has 0 heterocycles. The summed E-state index contributed by atoms with van der Waals surface area (Å²) in [5, 5.41) is 2.92. The lowest BCUT2D eigenvalue weighted by molar-refractivity contribution is -0.122. The van der Waals surface area contributed by atoms with Crippen LogP contribution < -0.4 is 14.4 Å². The third-order valence-electron chi connectivity index (χ3n) is 4.31. The quantitative estimate of drug-likeness (QED) is 0.820. The molecule has 146 valence electrons. The highest BCUT2D eigenvalue weighted by molar-refractivity contribution is 7.92. The zero-order chi connectivity index (χ0) is 20.4. The molecule has 1 N–H and O–H groups in total. The molecule has 0 bridgehead atoms. The average Bonchev–Trinajstić information content (AvgIpc) is 2.57. The molecule has 0 aliphatic carbocycles. The van der Waals surface area contributed by atoms with Gasteiger partial charge in [0, 0.05) is 12.7 Å². The highest BCUT2D eigenvalue weighted by Gasteiger charge is 2.18. The fourth-order valence-corrected chi connectivity index (χ4v) is 3.29. The predicted molar refractivity (Wildman–Crippen MR) is 109 cm³/mol. The molecule has 7 heteroatoms. The molecule has 2 rings (SSSR count). The predicted octanol–water partition coefficient (Wildman–Crippen LogP) is 3.41. The number of amides is 1. The number of hydrogen-bond acceptors (Lipinski definition) is 4. The third-order valence-corrected chi connectivity index (χ3v) is 5.51. The van der Waals surface area contributed by atoms with Crippen molar-refractivity contribution in [3.05, 3.63) is 53.1 Å². The number of nitrogens with zero attached hydrogens (tertiary/aromatic N) is 1. The van der Waals surface area contributed by atoms with Crippen molar-refractivity contribution < 1.29 is 17.9 Å². The molecule has 0 spiro atoms. The Hall–Kier alpha value is -2.54. The first-order valence-corrected chi connectivity index (χ1v) is 10.4. The number of hydrogen-bond donors (Lipinski definition) is 1. The minimum atomic E-state index is -3.32. The van der Waals surface area contributed by atoms with Crippen LogP contribution >= 0.6 is 0 Å². The number of benzene rings is 2. The van der Waals surface area contributed by atoms with Crippen LogP contribution in [0.25, 0.3) is 0 Å². The van der Waals surface area contributed by atoms with E-state index in [9.17, 15) is 13.2 Å². The molecule has 0 unspecified atom stereocenters. The van der Waals surface area contributed by atoms with Gasteiger partial charge in [0.15, 0.2) is 6.10 Å². The molecule has 0 aliphatic heterocycles. The summed E-state index contributed by atoms with van der Waals surface area (Å²) >= 11 is 0. The summed E-state index contributed by atoms with van der Waals surface area (Å²) in [4.78, 5) is 12.5. The minimum absolute atomic E-state index is 0.248. The van der Waals surface area contributed by atoms with Crippen LogP contribution in [0.2, 0.25) is 0 Å². The number of sulfonamides is 1. The van der Waals surface area contributed by atoms with Crippen LogP contribution in [0.15, 0.2) is 36.4 Å². The average molecular weight is 391 g/mol. The monoisotopic (exact) mass is 390 g/mol. The Kier molecular flexibility index (Phi) is 6.15. The maximum Gasteiger partial charge on any atom is 0.265 e. The normalized spacial score (nSPS) is 12.4. The van der Waals surface area contributed by atoms with Gasteiger partial charge in [0.2, 0.25) is 10.0 Å². The van der Waals surface area contributed by atoms with Crippen LogP contribution in [0.4, 0.5) is 11.4 Å². The van der Waals surface area contributed by atoms with Crippen LogP contribution in [-0.2, 0) is 14.8 Å². The van der Waals surface area contributed by atoms with Crippen molar-refractivity contribution >= 4 is 27.3 Å². The Morgan fingerprint density at radius 2 is 1.59 bits per heavy atom. The van der Waals surface area contributed by atoms with Crippen molar-refractivity contribution in [3.8, 4) is 5.75 Å². The van der Waals surface area contributed by atoms with Gasteiger partial charge < -0.3 is 10.1 Å². The first-order chi connectivity index (χ1) is 12.5. The fraction of sp³-hybridized carbons (Fsp3) is 0.350. The summed E-state index contributed by atoms with van der Waals surface area (Å²) in [6.07, 6.45) is 0.433. The Labute approximate surface area is 161 Å². The van der Waals surface area contributed by atoms with Crippen molar-refractivity contribution in [2.75, 3.05) is 22.9 Å². The second-order valence-corrected chi connectivity index (χ2v) is 8.76. The molecule has 6 nitrogen and oxygen atoms in total. The van der Waals surface area contributed by atoms with E-state index in [1.807, 2.05) is 32.9 Å². The molecule has 0 radical (unpaired) electrons. The highest BCUT2D eigenvalue weighted by Crippen LogP contribution is 2.24. The molecular formula is C20H26N2O4S. The van der Waals surface area contributed by atoms with Crippen LogP contribution in [-0.4, -0.2) is 33.7 Å². The topological polar surface area (TPSA) is 75.7 Å². The van der Waals surface area contributed by atoms with E-state index in [4.69, 9.17) is 4.74 Å². The highest BCUT2D eigenvalue weighted by atomic mass is 32.2. The summed E-state index contributed by atoms with van der Waals surface area (Å²) in [7, 11) is -1.84. The van der Waals surface area contributed by atoms with Crippen LogP contribution in [0.1, 0.15) is 23.6 Å². The molecule has 0 saturated carbocycles. The second kappa shape index (κ2) is 8.00. The van der Waals surface area contributed by atoms with E-state index < -0.39 is 16.1 Å². The van der Waals surface area contributed by atoms with Crippen LogP contribution in [0, 0.1) is 20.8 Å². The zero-order valence-electron chi connectivity index (χ0n) is 16.5. The van der Waals surface area contributed by atoms with Crippen LogP contribution in [0.3, 0.4) is 0 Å². The van der Waals surface area contributed by atoms with E-state index in [1.165, 1.54) is 11.4 Å². The number of rotatable bonds is 6. The number of carbonyl (C=O) groups excluding carboxylic acids is 1. The number of nitrogens with one attached hydrogen (secondary N) is 1. The first kappa shape index (κ1) is 20.8. The number of anilines is 2. The lowest BCUT2D eigenvalue weighted by Gasteiger charge is -2.19. The molecule has 1 atom stereocenters. The van der Waals surface area contributed by atoms with Gasteiger partial charge >= 0.3 is 0 Å². The first-order valence-electron chi connectivity index (χ1n) is 8.58. The molecule has 1 amide bonds. The summed E-state index contributed by atoms with van der Waals surface area (Å²) in [6, 6.07) is 10.6. The molecule has 0 aliphatic rings. The Balaban J connectivity index is 2.07. The molecular weight excluding hydrogens is 364 g/mol. The van der Waals surface area contributed by atoms with E-state index in [-0.39, 0.29) is 5.91 Å². The maximum atomic E-state index is 12.5. The molecule has 27 heavy (non-hydrogen) atoms. The smallest absolute Gasteiger partial charge is 0.265 e. The maximum absolute atomic E-state index is 12.5. The number of aryl methyl sites for hydroxylation is 3. The third kappa shape index (κ3) is 5.23. The van der Waals surface area contributed by atoms with Gasteiger partial charge in [0.1, 0.15) is 5.75 Å².